The number of carbonyl (C=O) groups excluding carboxylic acids is 1. The molecule has 1 heterocycles. The summed E-state index contributed by atoms with van der Waals surface area (Å²) in [7, 11) is 3.84. The Labute approximate surface area is 131 Å². The second-order valence-electron chi connectivity index (χ2n) is 5.95. The summed E-state index contributed by atoms with van der Waals surface area (Å²) in [5.74, 6) is -0.00371. The van der Waals surface area contributed by atoms with Gasteiger partial charge in [-0.05, 0) is 39.4 Å². The number of nitrogens with zero attached hydrogens (tertiary/aromatic N) is 3. The summed E-state index contributed by atoms with van der Waals surface area (Å²) in [4.78, 5) is 14.2. The van der Waals surface area contributed by atoms with Gasteiger partial charge in [-0.3, -0.25) is 14.4 Å². The average Bonchev–Trinajstić information content (AvgIpc) is 2.71. The van der Waals surface area contributed by atoms with Crippen LogP contribution >= 0.6 is 0 Å². The number of hydrogen-bond acceptors (Lipinski definition) is 3. The molecule has 0 bridgehead atoms. The van der Waals surface area contributed by atoms with Gasteiger partial charge in [0.2, 0.25) is 5.91 Å². The first-order valence-electron chi connectivity index (χ1n) is 7.40. The largest absolute Gasteiger partial charge is 0.325 e. The van der Waals surface area contributed by atoms with Crippen LogP contribution in [-0.2, 0) is 18.4 Å². The summed E-state index contributed by atoms with van der Waals surface area (Å²) in [5.41, 5.74) is 5.30. The van der Waals surface area contributed by atoms with Crippen molar-refractivity contribution in [1.29, 1.82) is 0 Å². The van der Waals surface area contributed by atoms with Crippen LogP contribution in [0, 0.1) is 20.8 Å². The molecule has 1 amide bonds. The Balaban J connectivity index is 1.92. The molecule has 0 aliphatic heterocycles. The molecule has 5 heteroatoms. The molecule has 0 saturated heterocycles. The number of amides is 1. The number of nitrogens with one attached hydrogen (secondary N) is 1. The minimum Gasteiger partial charge on any atom is -0.325 e. The highest BCUT2D eigenvalue weighted by Crippen LogP contribution is 2.16. The fraction of sp³-hybridized carbons (Fsp3) is 0.412. The topological polar surface area (TPSA) is 50.2 Å². The molecule has 2 aromatic rings. The molecule has 0 radical (unpaired) electrons. The molecule has 5 nitrogen and oxygen atoms in total. The van der Waals surface area contributed by atoms with E-state index < -0.39 is 0 Å². The van der Waals surface area contributed by atoms with Crippen LogP contribution in [0.4, 0.5) is 5.69 Å². The van der Waals surface area contributed by atoms with E-state index in [-0.39, 0.29) is 5.91 Å². The smallest absolute Gasteiger partial charge is 0.238 e. The minimum absolute atomic E-state index is 0.00371. The highest BCUT2D eigenvalue weighted by Gasteiger charge is 2.11. The van der Waals surface area contributed by atoms with Gasteiger partial charge in [0, 0.05) is 31.0 Å². The van der Waals surface area contributed by atoms with Gasteiger partial charge in [-0.2, -0.15) is 5.10 Å². The predicted molar refractivity (Wildman–Crippen MR) is 88.8 cm³/mol. The Hall–Kier alpha value is -2.14. The first-order valence-corrected chi connectivity index (χ1v) is 7.40. The van der Waals surface area contributed by atoms with Crippen LogP contribution in [0.2, 0.25) is 0 Å². The number of rotatable bonds is 5. The highest BCUT2D eigenvalue weighted by molar-refractivity contribution is 5.92. The zero-order valence-electron chi connectivity index (χ0n) is 14.0. The van der Waals surface area contributed by atoms with Crippen molar-refractivity contribution in [1.82, 2.24) is 14.7 Å². The van der Waals surface area contributed by atoms with E-state index in [2.05, 4.69) is 16.5 Å². The quantitative estimate of drug-likeness (QED) is 0.922. The third kappa shape index (κ3) is 4.18. The molecular formula is C17H24N4O. The molecule has 0 spiro atoms. The fourth-order valence-corrected chi connectivity index (χ4v) is 2.54. The molecule has 2 rings (SSSR count). The van der Waals surface area contributed by atoms with Crippen molar-refractivity contribution in [2.45, 2.75) is 27.3 Å². The van der Waals surface area contributed by atoms with E-state index in [4.69, 9.17) is 0 Å². The molecule has 0 aliphatic carbocycles. The summed E-state index contributed by atoms with van der Waals surface area (Å²) in [6, 6.07) is 6.03. The maximum Gasteiger partial charge on any atom is 0.238 e. The Bertz CT molecular complexity index is 675. The Morgan fingerprint density at radius 3 is 2.64 bits per heavy atom. The molecule has 1 aromatic carbocycles. The van der Waals surface area contributed by atoms with Crippen LogP contribution in [0.15, 0.2) is 24.4 Å². The lowest BCUT2D eigenvalue weighted by atomic mass is 10.1. The molecule has 1 aromatic heterocycles. The van der Waals surface area contributed by atoms with Gasteiger partial charge in [-0.1, -0.05) is 17.7 Å². The van der Waals surface area contributed by atoms with Gasteiger partial charge in [-0.25, -0.2) is 0 Å². The molecule has 22 heavy (non-hydrogen) atoms. The highest BCUT2D eigenvalue weighted by atomic mass is 16.2. The van der Waals surface area contributed by atoms with E-state index in [1.165, 1.54) is 5.56 Å². The number of carbonyl (C=O) groups is 1. The molecule has 0 atom stereocenters. The first-order chi connectivity index (χ1) is 10.3. The summed E-state index contributed by atoms with van der Waals surface area (Å²) < 4.78 is 1.80. The van der Waals surface area contributed by atoms with E-state index in [0.29, 0.717) is 13.1 Å². The van der Waals surface area contributed by atoms with E-state index >= 15 is 0 Å². The molecule has 0 saturated carbocycles. The third-order valence-electron chi connectivity index (χ3n) is 3.62. The van der Waals surface area contributed by atoms with Crippen LogP contribution in [0.5, 0.6) is 0 Å². The number of aryl methyl sites for hydroxylation is 4. The SMILES string of the molecule is Cc1ccc(NC(=O)CN(C)Cc2cn(C)nc2C)c(C)c1. The van der Waals surface area contributed by atoms with Crippen molar-refractivity contribution in [3.05, 3.63) is 46.8 Å². The second kappa shape index (κ2) is 6.75. The van der Waals surface area contributed by atoms with Crippen molar-refractivity contribution in [2.24, 2.45) is 7.05 Å². The van der Waals surface area contributed by atoms with Crippen molar-refractivity contribution in [3.63, 3.8) is 0 Å². The van der Waals surface area contributed by atoms with Crippen LogP contribution in [-0.4, -0.2) is 34.2 Å². The Morgan fingerprint density at radius 1 is 1.32 bits per heavy atom. The molecular weight excluding hydrogens is 276 g/mol. The van der Waals surface area contributed by atoms with Crippen LogP contribution in [0.25, 0.3) is 0 Å². The molecule has 1 N–H and O–H groups in total. The normalized spacial score (nSPS) is 11.0. The van der Waals surface area contributed by atoms with E-state index in [1.54, 1.807) is 4.68 Å². The number of hydrogen-bond donors (Lipinski definition) is 1. The molecule has 0 fully saturated rings. The zero-order chi connectivity index (χ0) is 16.3. The second-order valence-corrected chi connectivity index (χ2v) is 5.95. The lowest BCUT2D eigenvalue weighted by Gasteiger charge is -2.16. The van der Waals surface area contributed by atoms with Crippen molar-refractivity contribution in [2.75, 3.05) is 18.9 Å². The van der Waals surface area contributed by atoms with Gasteiger partial charge in [0.15, 0.2) is 0 Å². The summed E-state index contributed by atoms with van der Waals surface area (Å²) >= 11 is 0. The number of anilines is 1. The molecule has 0 unspecified atom stereocenters. The van der Waals surface area contributed by atoms with Crippen LogP contribution in [0.1, 0.15) is 22.4 Å². The third-order valence-corrected chi connectivity index (χ3v) is 3.62. The van der Waals surface area contributed by atoms with E-state index in [9.17, 15) is 4.79 Å². The first kappa shape index (κ1) is 16.2. The standard InChI is InChI=1S/C17H24N4O/c1-12-6-7-16(13(2)8-12)18-17(22)11-20(4)9-15-10-21(5)19-14(15)3/h6-8,10H,9,11H2,1-5H3,(H,18,22). The lowest BCUT2D eigenvalue weighted by molar-refractivity contribution is -0.117. The van der Waals surface area contributed by atoms with Gasteiger partial charge in [0.25, 0.3) is 0 Å². The summed E-state index contributed by atoms with van der Waals surface area (Å²) in [6.45, 7) is 7.09. The molecule has 0 aliphatic rings. The maximum absolute atomic E-state index is 12.2. The summed E-state index contributed by atoms with van der Waals surface area (Å²) in [6.07, 6.45) is 1.99. The minimum atomic E-state index is -0.00371. The van der Waals surface area contributed by atoms with Gasteiger partial charge >= 0.3 is 0 Å². The fourth-order valence-electron chi connectivity index (χ4n) is 2.54. The zero-order valence-corrected chi connectivity index (χ0v) is 14.0. The maximum atomic E-state index is 12.2. The average molecular weight is 300 g/mol. The van der Waals surface area contributed by atoms with Gasteiger partial charge < -0.3 is 5.32 Å². The number of aromatic nitrogens is 2. The number of likely N-dealkylation sites (N-methyl/N-ethyl adjacent to an activating group) is 1. The van der Waals surface area contributed by atoms with Gasteiger partial charge in [0.05, 0.1) is 12.2 Å². The molecule has 118 valence electrons. The van der Waals surface area contributed by atoms with Crippen molar-refractivity contribution < 1.29 is 4.79 Å². The van der Waals surface area contributed by atoms with Crippen molar-refractivity contribution in [3.8, 4) is 0 Å². The van der Waals surface area contributed by atoms with Gasteiger partial charge in [-0.15, -0.1) is 0 Å². The van der Waals surface area contributed by atoms with Crippen molar-refractivity contribution >= 4 is 11.6 Å². The Morgan fingerprint density at radius 2 is 2.05 bits per heavy atom. The monoisotopic (exact) mass is 300 g/mol. The lowest BCUT2D eigenvalue weighted by Crippen LogP contribution is -2.30. The van der Waals surface area contributed by atoms with Gasteiger partial charge in [0.1, 0.15) is 0 Å². The van der Waals surface area contributed by atoms with Crippen LogP contribution in [0.3, 0.4) is 0 Å². The predicted octanol–water partition coefficient (Wildman–Crippen LogP) is 2.42. The number of benzene rings is 1. The summed E-state index contributed by atoms with van der Waals surface area (Å²) in [5, 5.41) is 7.29. The van der Waals surface area contributed by atoms with E-state index in [1.807, 2.05) is 58.1 Å². The van der Waals surface area contributed by atoms with E-state index in [0.717, 1.165) is 22.5 Å². The van der Waals surface area contributed by atoms with Crippen LogP contribution < -0.4 is 5.32 Å². The Kier molecular flexibility index (Phi) is 4.98.